The van der Waals surface area contributed by atoms with Crippen molar-refractivity contribution in [2.45, 2.75) is 0 Å². The zero-order valence-corrected chi connectivity index (χ0v) is 25.9. The van der Waals surface area contributed by atoms with E-state index in [0.29, 0.717) is 17.6 Å². The molecule has 10 rings (SSSR count). The molecule has 0 bridgehead atoms. The van der Waals surface area contributed by atoms with Gasteiger partial charge in [0.25, 0.3) is 0 Å². The van der Waals surface area contributed by atoms with E-state index in [4.69, 9.17) is 15.0 Å². The summed E-state index contributed by atoms with van der Waals surface area (Å²) >= 11 is 1.82. The van der Waals surface area contributed by atoms with Crippen molar-refractivity contribution in [2.75, 3.05) is 0 Å². The number of hydrogen-bond donors (Lipinski definition) is 0. The highest BCUT2D eigenvalue weighted by atomic mass is 32.1. The Morgan fingerprint density at radius 3 is 1.79 bits per heavy atom. The number of hydrogen-bond acceptors (Lipinski definition) is 4. The van der Waals surface area contributed by atoms with Crippen LogP contribution in [0.4, 0.5) is 0 Å². The molecule has 4 aromatic heterocycles. The van der Waals surface area contributed by atoms with E-state index in [1.807, 2.05) is 47.7 Å². The number of nitrogens with zero attached hydrogens (tertiary/aromatic N) is 5. The summed E-state index contributed by atoms with van der Waals surface area (Å²) in [6.45, 7) is 0. The third kappa shape index (κ3) is 3.98. The van der Waals surface area contributed by atoms with Gasteiger partial charge in [-0.15, -0.1) is 11.3 Å². The zero-order valence-electron chi connectivity index (χ0n) is 25.1. The van der Waals surface area contributed by atoms with Crippen LogP contribution >= 0.6 is 11.3 Å². The van der Waals surface area contributed by atoms with Crippen LogP contribution in [0.25, 0.3) is 87.3 Å². The van der Waals surface area contributed by atoms with Crippen LogP contribution < -0.4 is 0 Å². The van der Waals surface area contributed by atoms with Gasteiger partial charge in [-0.2, -0.15) is 9.97 Å². The van der Waals surface area contributed by atoms with E-state index < -0.39 is 0 Å². The van der Waals surface area contributed by atoms with E-state index in [9.17, 15) is 0 Å². The fourth-order valence-electron chi connectivity index (χ4n) is 6.93. The van der Waals surface area contributed by atoms with Crippen LogP contribution in [0.15, 0.2) is 152 Å². The second-order valence-corrected chi connectivity index (χ2v) is 12.8. The highest BCUT2D eigenvalue weighted by Gasteiger charge is 2.23. The Balaban J connectivity index is 1.40. The Hall–Kier alpha value is -6.11. The molecule has 47 heavy (non-hydrogen) atoms. The Kier molecular flexibility index (Phi) is 5.68. The van der Waals surface area contributed by atoms with Gasteiger partial charge in [-0.05, 0) is 36.4 Å². The van der Waals surface area contributed by atoms with E-state index >= 15 is 0 Å². The highest BCUT2D eigenvalue weighted by molar-refractivity contribution is 7.26. The molecule has 0 unspecified atom stereocenters. The van der Waals surface area contributed by atoms with Crippen molar-refractivity contribution in [3.8, 4) is 34.4 Å². The molecule has 4 heterocycles. The molecule has 0 N–H and O–H groups in total. The third-order valence-electron chi connectivity index (χ3n) is 9.02. The van der Waals surface area contributed by atoms with E-state index in [1.54, 1.807) is 0 Å². The fourth-order valence-corrected chi connectivity index (χ4v) is 8.04. The van der Waals surface area contributed by atoms with Crippen molar-refractivity contribution in [3.05, 3.63) is 152 Å². The van der Waals surface area contributed by atoms with E-state index in [1.165, 1.54) is 30.9 Å². The average Bonchev–Trinajstić information content (AvgIpc) is 3.84. The zero-order chi connectivity index (χ0) is 30.9. The lowest BCUT2D eigenvalue weighted by molar-refractivity contribution is 0.957. The first-order chi connectivity index (χ1) is 23.3. The largest absolute Gasteiger partial charge is 0.316 e. The summed E-state index contributed by atoms with van der Waals surface area (Å²) < 4.78 is 7.05. The quantitative estimate of drug-likeness (QED) is 0.197. The van der Waals surface area contributed by atoms with Gasteiger partial charge in [-0.25, -0.2) is 4.98 Å². The Morgan fingerprint density at radius 1 is 0.447 bits per heavy atom. The van der Waals surface area contributed by atoms with Crippen LogP contribution in [0, 0.1) is 0 Å². The average molecular weight is 620 g/mol. The fraction of sp³-hybridized carbons (Fsp3) is 0. The lowest BCUT2D eigenvalue weighted by Crippen LogP contribution is -2.06. The van der Waals surface area contributed by atoms with E-state index in [-0.39, 0.29) is 0 Å². The number of rotatable bonds is 4. The first-order valence-corrected chi connectivity index (χ1v) is 16.4. The molecule has 0 atom stereocenters. The second-order valence-electron chi connectivity index (χ2n) is 11.7. The predicted molar refractivity (Wildman–Crippen MR) is 195 cm³/mol. The number of para-hydroxylation sites is 1. The van der Waals surface area contributed by atoms with Crippen molar-refractivity contribution >= 4 is 64.2 Å². The molecule has 0 fully saturated rings. The summed E-state index contributed by atoms with van der Waals surface area (Å²) in [6.07, 6.45) is 2.16. The van der Waals surface area contributed by atoms with Crippen molar-refractivity contribution in [1.82, 2.24) is 24.1 Å². The summed E-state index contributed by atoms with van der Waals surface area (Å²) in [6, 6.07) is 50.8. The van der Waals surface area contributed by atoms with Gasteiger partial charge < -0.3 is 4.57 Å². The molecular formula is C41H25N5S. The molecule has 0 aliphatic rings. The minimum atomic E-state index is 0.598. The maximum Gasteiger partial charge on any atom is 0.238 e. The maximum absolute atomic E-state index is 5.25. The second kappa shape index (κ2) is 10.2. The Labute approximate surface area is 273 Å². The van der Waals surface area contributed by atoms with Gasteiger partial charge in [-0.1, -0.05) is 109 Å². The molecule has 0 radical (unpaired) electrons. The van der Waals surface area contributed by atoms with Crippen molar-refractivity contribution in [2.24, 2.45) is 0 Å². The molecular weight excluding hydrogens is 595 g/mol. The molecule has 5 nitrogen and oxygen atoms in total. The molecule has 10 aromatic rings. The third-order valence-corrected chi connectivity index (χ3v) is 10.2. The molecule has 0 amide bonds. The molecule has 0 saturated heterocycles. The number of thiophene rings is 1. The van der Waals surface area contributed by atoms with Crippen LogP contribution in [0.3, 0.4) is 0 Å². The summed E-state index contributed by atoms with van der Waals surface area (Å²) in [5, 5.41) is 5.93. The standard InChI is InChI=1S/C41H25N5S/c1-4-12-26(13-5-1)39-42-40(27-14-6-2-7-15-27)44-41(43-39)46-37-29(20-22-33-31(37)24-25-45(33)28-16-8-3-9-17-28)30-21-23-35-36(38(30)46)32-18-10-11-19-34(32)47-35/h1-25H. The predicted octanol–water partition coefficient (Wildman–Crippen LogP) is 10.6. The monoisotopic (exact) mass is 619 g/mol. The summed E-state index contributed by atoms with van der Waals surface area (Å²) in [5.41, 5.74) is 6.33. The van der Waals surface area contributed by atoms with Crippen LogP contribution in [0.2, 0.25) is 0 Å². The van der Waals surface area contributed by atoms with E-state index in [0.717, 1.165) is 38.8 Å². The Morgan fingerprint density at radius 2 is 1.06 bits per heavy atom. The summed E-state index contributed by atoms with van der Waals surface area (Å²) in [7, 11) is 0. The Bertz CT molecular complexity index is 2720. The number of aromatic nitrogens is 5. The molecule has 0 spiro atoms. The van der Waals surface area contributed by atoms with Gasteiger partial charge >= 0.3 is 0 Å². The summed E-state index contributed by atoms with van der Waals surface area (Å²) in [4.78, 5) is 15.5. The van der Waals surface area contributed by atoms with Crippen LogP contribution in [-0.2, 0) is 0 Å². The van der Waals surface area contributed by atoms with Gasteiger partial charge in [0, 0.05) is 59.3 Å². The highest BCUT2D eigenvalue weighted by Crippen LogP contribution is 2.44. The van der Waals surface area contributed by atoms with E-state index in [2.05, 4.69) is 125 Å². The van der Waals surface area contributed by atoms with Crippen LogP contribution in [-0.4, -0.2) is 24.1 Å². The van der Waals surface area contributed by atoms with Gasteiger partial charge in [0.05, 0.1) is 16.6 Å². The SMILES string of the molecule is c1ccc(-c2nc(-c3ccccc3)nc(-n3c4c(ccc5c4ccn5-c4ccccc4)c4ccc5sc6ccccc6c5c43)n2)cc1. The molecule has 6 aromatic carbocycles. The molecule has 0 aliphatic heterocycles. The van der Waals surface area contributed by atoms with Crippen molar-refractivity contribution in [1.29, 1.82) is 0 Å². The molecule has 0 saturated carbocycles. The topological polar surface area (TPSA) is 48.5 Å². The molecule has 0 aliphatic carbocycles. The smallest absolute Gasteiger partial charge is 0.238 e. The molecule has 6 heteroatoms. The van der Waals surface area contributed by atoms with Gasteiger partial charge in [0.1, 0.15) is 0 Å². The number of fused-ring (bicyclic) bond motifs is 9. The van der Waals surface area contributed by atoms with Gasteiger partial charge in [-0.3, -0.25) is 4.57 Å². The van der Waals surface area contributed by atoms with Crippen molar-refractivity contribution in [3.63, 3.8) is 0 Å². The van der Waals surface area contributed by atoms with Gasteiger partial charge in [0.2, 0.25) is 5.95 Å². The van der Waals surface area contributed by atoms with Crippen LogP contribution in [0.5, 0.6) is 0 Å². The lowest BCUT2D eigenvalue weighted by Gasteiger charge is -2.12. The normalized spacial score (nSPS) is 11.8. The minimum absolute atomic E-state index is 0.598. The number of benzene rings is 6. The van der Waals surface area contributed by atoms with Crippen LogP contribution in [0.1, 0.15) is 0 Å². The maximum atomic E-state index is 5.25. The first kappa shape index (κ1) is 26.1. The van der Waals surface area contributed by atoms with Gasteiger partial charge in [0.15, 0.2) is 11.6 Å². The first-order valence-electron chi connectivity index (χ1n) is 15.6. The minimum Gasteiger partial charge on any atom is -0.316 e. The van der Waals surface area contributed by atoms with Crippen molar-refractivity contribution < 1.29 is 0 Å². The summed E-state index contributed by atoms with van der Waals surface area (Å²) in [5.74, 6) is 1.88. The molecule has 220 valence electrons. The lowest BCUT2D eigenvalue weighted by atomic mass is 10.1.